The van der Waals surface area contributed by atoms with E-state index in [-0.39, 0.29) is 0 Å². The Morgan fingerprint density at radius 1 is 1.29 bits per heavy atom. The minimum absolute atomic E-state index is 0.540. The standard InChI is InChI=1S/C9H19NO3Si/c1-4-11-14(12-5-2,13-6-3)9-7-8-10/h1H,5-10H2,2-3H3. The van der Waals surface area contributed by atoms with Crippen LogP contribution < -0.4 is 5.73 Å². The van der Waals surface area contributed by atoms with E-state index >= 15 is 0 Å². The van der Waals surface area contributed by atoms with E-state index in [0.717, 1.165) is 6.42 Å². The molecule has 82 valence electrons. The quantitative estimate of drug-likeness (QED) is 0.486. The molecule has 0 aliphatic carbocycles. The summed E-state index contributed by atoms with van der Waals surface area (Å²) < 4.78 is 16.2. The van der Waals surface area contributed by atoms with Crippen LogP contribution >= 0.6 is 0 Å². The minimum atomic E-state index is -2.63. The van der Waals surface area contributed by atoms with Gasteiger partial charge < -0.3 is 19.0 Å². The Kier molecular flexibility index (Phi) is 7.52. The van der Waals surface area contributed by atoms with Gasteiger partial charge in [0.05, 0.1) is 6.11 Å². The number of hydrogen-bond donors (Lipinski definition) is 1. The molecule has 0 spiro atoms. The van der Waals surface area contributed by atoms with Gasteiger partial charge in [0.1, 0.15) is 0 Å². The average molecular weight is 217 g/mol. The van der Waals surface area contributed by atoms with E-state index in [1.54, 1.807) is 0 Å². The molecule has 14 heavy (non-hydrogen) atoms. The van der Waals surface area contributed by atoms with E-state index in [2.05, 4.69) is 6.11 Å². The average Bonchev–Trinajstić information content (AvgIpc) is 2.16. The fourth-order valence-electron chi connectivity index (χ4n) is 1.14. The maximum absolute atomic E-state index is 5.51. The lowest BCUT2D eigenvalue weighted by atomic mass is 10.5. The molecule has 0 bridgehead atoms. The van der Waals surface area contributed by atoms with Crippen molar-refractivity contribution in [3.63, 3.8) is 0 Å². The van der Waals surface area contributed by atoms with Crippen molar-refractivity contribution in [2.75, 3.05) is 19.8 Å². The minimum Gasteiger partial charge on any atom is -0.451 e. The zero-order chi connectivity index (χ0) is 10.9. The van der Waals surface area contributed by atoms with Crippen LogP contribution in [0.1, 0.15) is 20.3 Å². The van der Waals surface area contributed by atoms with Crippen LogP contribution in [0, 0.1) is 12.5 Å². The molecule has 0 aliphatic rings. The molecule has 0 amide bonds. The molecule has 0 heterocycles. The van der Waals surface area contributed by atoms with Gasteiger partial charge in [0.2, 0.25) is 0 Å². The third-order valence-electron chi connectivity index (χ3n) is 1.63. The number of nitrogens with two attached hydrogens (primary N) is 1. The van der Waals surface area contributed by atoms with Gasteiger partial charge in [-0.15, -0.1) is 0 Å². The topological polar surface area (TPSA) is 53.7 Å². The van der Waals surface area contributed by atoms with Gasteiger partial charge in [-0.2, -0.15) is 0 Å². The first-order valence-electron chi connectivity index (χ1n) is 4.86. The summed E-state index contributed by atoms with van der Waals surface area (Å²) >= 11 is 0. The molecule has 0 atom stereocenters. The van der Waals surface area contributed by atoms with E-state index in [1.807, 2.05) is 13.8 Å². The Morgan fingerprint density at radius 3 is 2.21 bits per heavy atom. The van der Waals surface area contributed by atoms with Crippen LogP contribution in [-0.2, 0) is 13.3 Å². The lowest BCUT2D eigenvalue weighted by Gasteiger charge is -2.25. The Balaban J connectivity index is 4.31. The third kappa shape index (κ3) is 4.63. The second-order valence-electron chi connectivity index (χ2n) is 2.66. The lowest BCUT2D eigenvalue weighted by molar-refractivity contribution is 0.106. The molecule has 0 aliphatic heterocycles. The van der Waals surface area contributed by atoms with Crippen molar-refractivity contribution < 1.29 is 13.3 Å². The van der Waals surface area contributed by atoms with Crippen LogP contribution in [0.3, 0.4) is 0 Å². The second-order valence-corrected chi connectivity index (χ2v) is 5.31. The van der Waals surface area contributed by atoms with Crippen molar-refractivity contribution in [2.24, 2.45) is 5.73 Å². The molecule has 2 N–H and O–H groups in total. The van der Waals surface area contributed by atoms with E-state index < -0.39 is 8.80 Å². The summed E-state index contributed by atoms with van der Waals surface area (Å²) in [4.78, 5) is 0. The molecular weight excluding hydrogens is 198 g/mol. The first-order valence-corrected chi connectivity index (χ1v) is 6.79. The monoisotopic (exact) mass is 217 g/mol. The number of rotatable bonds is 8. The first kappa shape index (κ1) is 13.5. The summed E-state index contributed by atoms with van der Waals surface area (Å²) in [6.07, 6.45) is 8.08. The summed E-state index contributed by atoms with van der Waals surface area (Å²) in [6.45, 7) is 5.45. The van der Waals surface area contributed by atoms with Crippen LogP contribution in [0.4, 0.5) is 0 Å². The molecule has 0 aromatic carbocycles. The highest BCUT2D eigenvalue weighted by Gasteiger charge is 2.41. The third-order valence-corrected chi connectivity index (χ3v) is 4.48. The highest BCUT2D eigenvalue weighted by atomic mass is 28.4. The Hall–Kier alpha value is -0.543. The van der Waals surface area contributed by atoms with Crippen molar-refractivity contribution in [1.29, 1.82) is 0 Å². The van der Waals surface area contributed by atoms with Crippen molar-refractivity contribution in [2.45, 2.75) is 26.3 Å². The zero-order valence-electron chi connectivity index (χ0n) is 8.91. The van der Waals surface area contributed by atoms with Crippen LogP contribution in [-0.4, -0.2) is 28.6 Å². The maximum Gasteiger partial charge on any atom is 0.574 e. The SMILES string of the molecule is C#CO[Si](CCCN)(OCC)OCC. The zero-order valence-corrected chi connectivity index (χ0v) is 9.91. The molecule has 4 nitrogen and oxygen atoms in total. The van der Waals surface area contributed by atoms with Gasteiger partial charge in [-0.25, -0.2) is 0 Å². The van der Waals surface area contributed by atoms with Gasteiger partial charge >= 0.3 is 8.80 Å². The smallest absolute Gasteiger partial charge is 0.451 e. The normalized spacial score (nSPS) is 11.0. The molecule has 0 radical (unpaired) electrons. The van der Waals surface area contributed by atoms with Crippen molar-refractivity contribution in [3.8, 4) is 12.5 Å². The molecule has 0 fully saturated rings. The van der Waals surface area contributed by atoms with E-state index in [9.17, 15) is 0 Å². The maximum atomic E-state index is 5.51. The molecule has 5 heteroatoms. The molecule has 0 aromatic heterocycles. The van der Waals surface area contributed by atoms with Crippen LogP contribution in [0.5, 0.6) is 0 Å². The Morgan fingerprint density at radius 2 is 1.86 bits per heavy atom. The first-order chi connectivity index (χ1) is 6.74. The van der Waals surface area contributed by atoms with Crippen molar-refractivity contribution in [3.05, 3.63) is 0 Å². The van der Waals surface area contributed by atoms with Gasteiger partial charge in [-0.1, -0.05) is 6.42 Å². The van der Waals surface area contributed by atoms with Crippen LogP contribution in [0.25, 0.3) is 0 Å². The fourth-order valence-corrected chi connectivity index (χ4v) is 3.43. The lowest BCUT2D eigenvalue weighted by Crippen LogP contribution is -2.45. The molecular formula is C9H19NO3Si. The molecule has 0 saturated carbocycles. The Bertz CT molecular complexity index is 175. The molecule has 0 saturated heterocycles. The van der Waals surface area contributed by atoms with Gasteiger partial charge in [-0.3, -0.25) is 0 Å². The highest BCUT2D eigenvalue weighted by molar-refractivity contribution is 6.61. The summed E-state index contributed by atoms with van der Waals surface area (Å²) in [5.41, 5.74) is 5.43. The number of terminal acetylenes is 1. The van der Waals surface area contributed by atoms with Gasteiger partial charge in [0.15, 0.2) is 0 Å². The Labute approximate surface area is 87.1 Å². The number of hydrogen-bond acceptors (Lipinski definition) is 4. The van der Waals surface area contributed by atoms with E-state index in [0.29, 0.717) is 25.8 Å². The van der Waals surface area contributed by atoms with Crippen molar-refractivity contribution in [1.82, 2.24) is 0 Å². The highest BCUT2D eigenvalue weighted by Crippen LogP contribution is 2.16. The van der Waals surface area contributed by atoms with Gasteiger partial charge in [-0.05, 0) is 26.8 Å². The molecule has 0 aromatic rings. The summed E-state index contributed by atoms with van der Waals surface area (Å²) in [6, 6.07) is 0.676. The summed E-state index contributed by atoms with van der Waals surface area (Å²) in [7, 11) is -2.63. The summed E-state index contributed by atoms with van der Waals surface area (Å²) in [5.74, 6) is 0. The van der Waals surface area contributed by atoms with E-state index in [1.165, 1.54) is 0 Å². The summed E-state index contributed by atoms with van der Waals surface area (Å²) in [5, 5.41) is 0. The van der Waals surface area contributed by atoms with Gasteiger partial charge in [0, 0.05) is 19.3 Å². The van der Waals surface area contributed by atoms with Gasteiger partial charge in [0.25, 0.3) is 0 Å². The predicted octanol–water partition coefficient (Wildman–Crippen LogP) is 0.954. The van der Waals surface area contributed by atoms with Crippen LogP contribution in [0.2, 0.25) is 6.04 Å². The fraction of sp³-hybridized carbons (Fsp3) is 0.778. The largest absolute Gasteiger partial charge is 0.574 e. The van der Waals surface area contributed by atoms with E-state index in [4.69, 9.17) is 25.4 Å². The predicted molar refractivity (Wildman–Crippen MR) is 57.4 cm³/mol. The molecule has 0 rings (SSSR count). The van der Waals surface area contributed by atoms with Crippen LogP contribution in [0.15, 0.2) is 0 Å². The van der Waals surface area contributed by atoms with Crippen molar-refractivity contribution >= 4 is 8.80 Å². The second kappa shape index (κ2) is 7.82. The molecule has 0 unspecified atom stereocenters.